The molecule has 1 aliphatic carbocycles. The molecule has 1 aromatic carbocycles. The van der Waals surface area contributed by atoms with Crippen LogP contribution in [0.15, 0.2) is 18.2 Å². The van der Waals surface area contributed by atoms with Crippen LogP contribution in [0.2, 0.25) is 0 Å². The van der Waals surface area contributed by atoms with Gasteiger partial charge in [-0.1, -0.05) is 12.1 Å². The predicted molar refractivity (Wildman–Crippen MR) is 71.0 cm³/mol. The van der Waals surface area contributed by atoms with Gasteiger partial charge in [-0.3, -0.25) is 0 Å². The van der Waals surface area contributed by atoms with Gasteiger partial charge in [0.2, 0.25) is 0 Å². The summed E-state index contributed by atoms with van der Waals surface area (Å²) in [7, 11) is 0. The molecule has 2 rings (SSSR count). The van der Waals surface area contributed by atoms with Crippen molar-refractivity contribution in [2.45, 2.75) is 32.5 Å². The van der Waals surface area contributed by atoms with Crippen molar-refractivity contribution in [2.75, 3.05) is 19.8 Å². The molecule has 0 radical (unpaired) electrons. The van der Waals surface area contributed by atoms with Crippen LogP contribution in [0.25, 0.3) is 0 Å². The van der Waals surface area contributed by atoms with Crippen LogP contribution in [-0.2, 0) is 15.9 Å². The second-order valence-electron chi connectivity index (χ2n) is 4.37. The second kappa shape index (κ2) is 6.55. The third kappa shape index (κ3) is 3.06. The highest BCUT2D eigenvalue weighted by Crippen LogP contribution is 2.41. The molecule has 19 heavy (non-hydrogen) atoms. The van der Waals surface area contributed by atoms with E-state index in [9.17, 15) is 0 Å². The van der Waals surface area contributed by atoms with E-state index in [1.165, 1.54) is 5.56 Å². The summed E-state index contributed by atoms with van der Waals surface area (Å²) in [4.78, 5) is 0. The summed E-state index contributed by atoms with van der Waals surface area (Å²) in [5.74, 6) is 0.739. The fourth-order valence-electron chi connectivity index (χ4n) is 2.26. The van der Waals surface area contributed by atoms with Gasteiger partial charge in [0, 0.05) is 18.8 Å². The number of fused-ring (bicyclic) bond motifs is 1. The predicted octanol–water partition coefficient (Wildman–Crippen LogP) is 2.63. The van der Waals surface area contributed by atoms with E-state index in [-0.39, 0.29) is 12.2 Å². The van der Waals surface area contributed by atoms with E-state index in [1.54, 1.807) is 0 Å². The molecule has 1 aromatic rings. The van der Waals surface area contributed by atoms with Gasteiger partial charge in [-0.15, -0.1) is 0 Å². The number of nitriles is 1. The number of hydrogen-bond donors (Lipinski definition) is 0. The molecule has 0 aromatic heterocycles. The summed E-state index contributed by atoms with van der Waals surface area (Å²) < 4.78 is 16.6. The topological polar surface area (TPSA) is 51.5 Å². The van der Waals surface area contributed by atoms with Crippen molar-refractivity contribution < 1.29 is 14.2 Å². The lowest BCUT2D eigenvalue weighted by atomic mass is 9.78. The Morgan fingerprint density at radius 1 is 1.32 bits per heavy atom. The van der Waals surface area contributed by atoms with Crippen molar-refractivity contribution in [3.05, 3.63) is 29.3 Å². The van der Waals surface area contributed by atoms with Crippen LogP contribution in [0, 0.1) is 11.3 Å². The van der Waals surface area contributed by atoms with E-state index in [2.05, 4.69) is 6.07 Å². The molecule has 0 saturated heterocycles. The molecule has 1 unspecified atom stereocenters. The quantitative estimate of drug-likeness (QED) is 0.708. The van der Waals surface area contributed by atoms with Crippen molar-refractivity contribution >= 4 is 0 Å². The monoisotopic (exact) mass is 261 g/mol. The Morgan fingerprint density at radius 3 is 2.68 bits per heavy atom. The number of rotatable bonds is 7. The highest BCUT2D eigenvalue weighted by atomic mass is 16.7. The van der Waals surface area contributed by atoms with Crippen molar-refractivity contribution in [3.63, 3.8) is 0 Å². The van der Waals surface area contributed by atoms with E-state index < -0.39 is 0 Å². The molecule has 102 valence electrons. The number of benzene rings is 1. The van der Waals surface area contributed by atoms with Crippen molar-refractivity contribution in [1.82, 2.24) is 0 Å². The van der Waals surface area contributed by atoms with Crippen molar-refractivity contribution in [3.8, 4) is 11.8 Å². The van der Waals surface area contributed by atoms with E-state index in [1.807, 2.05) is 32.0 Å². The van der Waals surface area contributed by atoms with Crippen LogP contribution in [0.4, 0.5) is 0 Å². The third-order valence-corrected chi connectivity index (χ3v) is 3.16. The van der Waals surface area contributed by atoms with Gasteiger partial charge in [0.25, 0.3) is 0 Å². The fourth-order valence-corrected chi connectivity index (χ4v) is 2.26. The minimum Gasteiger partial charge on any atom is -0.488 e. The first kappa shape index (κ1) is 13.9. The van der Waals surface area contributed by atoms with Crippen molar-refractivity contribution in [2.24, 2.45) is 0 Å². The molecule has 0 heterocycles. The van der Waals surface area contributed by atoms with Crippen LogP contribution < -0.4 is 4.74 Å². The van der Waals surface area contributed by atoms with Crippen LogP contribution in [0.1, 0.15) is 30.9 Å². The van der Waals surface area contributed by atoms with Gasteiger partial charge in [0.15, 0.2) is 6.29 Å². The average molecular weight is 261 g/mol. The van der Waals surface area contributed by atoms with E-state index in [0.717, 1.165) is 17.7 Å². The summed E-state index contributed by atoms with van der Waals surface area (Å²) in [5.41, 5.74) is 2.23. The lowest BCUT2D eigenvalue weighted by Crippen LogP contribution is -2.26. The largest absolute Gasteiger partial charge is 0.488 e. The summed E-state index contributed by atoms with van der Waals surface area (Å²) in [6.45, 7) is 5.36. The Bertz CT molecular complexity index is 461. The van der Waals surface area contributed by atoms with Crippen LogP contribution >= 0.6 is 0 Å². The molecule has 0 saturated carbocycles. The van der Waals surface area contributed by atoms with Gasteiger partial charge >= 0.3 is 0 Å². The molecule has 4 heteroatoms. The van der Waals surface area contributed by atoms with Gasteiger partial charge < -0.3 is 14.2 Å². The third-order valence-electron chi connectivity index (χ3n) is 3.16. The first-order chi connectivity index (χ1) is 9.30. The summed E-state index contributed by atoms with van der Waals surface area (Å²) >= 11 is 0. The molecule has 1 atom stereocenters. The van der Waals surface area contributed by atoms with Gasteiger partial charge in [0.05, 0.1) is 12.0 Å². The average Bonchev–Trinajstić information content (AvgIpc) is 2.38. The van der Waals surface area contributed by atoms with Crippen molar-refractivity contribution in [1.29, 1.82) is 5.26 Å². The number of hydrogen-bond acceptors (Lipinski definition) is 4. The molecule has 0 fully saturated rings. The molecule has 0 bridgehead atoms. The Morgan fingerprint density at radius 2 is 2.05 bits per heavy atom. The number of ether oxygens (including phenoxy) is 3. The van der Waals surface area contributed by atoms with E-state index in [0.29, 0.717) is 19.8 Å². The molecule has 0 N–H and O–H groups in total. The van der Waals surface area contributed by atoms with Crippen LogP contribution in [0.5, 0.6) is 5.75 Å². The molecule has 0 spiro atoms. The summed E-state index contributed by atoms with van der Waals surface area (Å²) in [5, 5.41) is 9.05. The minimum absolute atomic E-state index is 0.0381. The first-order valence-electron chi connectivity index (χ1n) is 6.67. The zero-order valence-corrected chi connectivity index (χ0v) is 11.4. The van der Waals surface area contributed by atoms with Crippen LogP contribution in [-0.4, -0.2) is 26.1 Å². The van der Waals surface area contributed by atoms with E-state index >= 15 is 0 Å². The van der Waals surface area contributed by atoms with Gasteiger partial charge in [-0.2, -0.15) is 5.26 Å². The Labute approximate surface area is 113 Å². The van der Waals surface area contributed by atoms with Gasteiger partial charge in [-0.05, 0) is 31.9 Å². The molecule has 1 aliphatic rings. The summed E-state index contributed by atoms with van der Waals surface area (Å²) in [6.07, 6.45) is 0.468. The van der Waals surface area contributed by atoms with Gasteiger partial charge in [-0.25, -0.2) is 0 Å². The molecule has 4 nitrogen and oxygen atoms in total. The Balaban J connectivity index is 2.00. The zero-order valence-electron chi connectivity index (χ0n) is 11.4. The smallest absolute Gasteiger partial charge is 0.191 e. The maximum Gasteiger partial charge on any atom is 0.191 e. The standard InChI is InChI=1S/C15H19NO3/c1-3-17-14(18-4-2)10-19-13-7-5-6-11-8-12(9-16)15(11)13/h5-7,12,14H,3-4,8,10H2,1-2H3. The highest BCUT2D eigenvalue weighted by molar-refractivity contribution is 5.52. The van der Waals surface area contributed by atoms with Crippen LogP contribution in [0.3, 0.4) is 0 Å². The lowest BCUT2D eigenvalue weighted by molar-refractivity contribution is -0.152. The minimum atomic E-state index is -0.355. The highest BCUT2D eigenvalue weighted by Gasteiger charge is 2.29. The lowest BCUT2D eigenvalue weighted by Gasteiger charge is -2.28. The SMILES string of the molecule is CCOC(COc1cccc2c1C(C#N)C2)OCC. The Hall–Kier alpha value is -1.57. The molecule has 0 aliphatic heterocycles. The second-order valence-corrected chi connectivity index (χ2v) is 4.37. The molecule has 0 amide bonds. The first-order valence-corrected chi connectivity index (χ1v) is 6.67. The van der Waals surface area contributed by atoms with E-state index in [4.69, 9.17) is 19.5 Å². The zero-order chi connectivity index (χ0) is 13.7. The maximum absolute atomic E-state index is 9.05. The maximum atomic E-state index is 9.05. The van der Waals surface area contributed by atoms with Gasteiger partial charge in [0.1, 0.15) is 12.4 Å². The molecular formula is C15H19NO3. The summed E-state index contributed by atoms with van der Waals surface area (Å²) in [6, 6.07) is 8.19. The number of nitrogens with zero attached hydrogens (tertiary/aromatic N) is 1. The fraction of sp³-hybridized carbons (Fsp3) is 0.533. The normalized spacial score (nSPS) is 16.6. The molecular weight excluding hydrogens is 242 g/mol. The Kier molecular flexibility index (Phi) is 4.78.